The van der Waals surface area contributed by atoms with Crippen molar-refractivity contribution in [1.82, 2.24) is 5.32 Å². The van der Waals surface area contributed by atoms with Gasteiger partial charge in [0, 0.05) is 10.5 Å². The molecule has 6 heteroatoms. The first-order chi connectivity index (χ1) is 9.45. The highest BCUT2D eigenvalue weighted by molar-refractivity contribution is 9.12. The molecule has 1 aromatic carbocycles. The molecule has 2 aromatic rings. The smallest absolute Gasteiger partial charge is 0.253 e. The largest absolute Gasteiger partial charge is 0.349 e. The Kier molecular flexibility index (Phi) is 5.84. The summed E-state index contributed by atoms with van der Waals surface area (Å²) in [5.74, 6) is -0.0524. The molecule has 1 N–H and O–H groups in total. The van der Waals surface area contributed by atoms with Gasteiger partial charge in [-0.3, -0.25) is 4.79 Å². The third-order valence-electron chi connectivity index (χ3n) is 2.73. The zero-order valence-electron chi connectivity index (χ0n) is 10.6. The molecular weight excluding hydrogens is 470 g/mol. The van der Waals surface area contributed by atoms with Crippen LogP contribution in [-0.4, -0.2) is 11.9 Å². The van der Waals surface area contributed by atoms with Crippen molar-refractivity contribution < 1.29 is 4.79 Å². The van der Waals surface area contributed by atoms with Gasteiger partial charge in [0.25, 0.3) is 5.91 Å². The normalized spacial score (nSPS) is 12.2. The van der Waals surface area contributed by atoms with Gasteiger partial charge >= 0.3 is 0 Å². The van der Waals surface area contributed by atoms with Crippen molar-refractivity contribution in [1.29, 1.82) is 0 Å². The van der Waals surface area contributed by atoms with Crippen LogP contribution in [0.1, 0.15) is 22.8 Å². The minimum absolute atomic E-state index is 0.0524. The lowest BCUT2D eigenvalue weighted by molar-refractivity contribution is 0.0940. The maximum Gasteiger partial charge on any atom is 0.253 e. The first-order valence-electron chi connectivity index (χ1n) is 5.96. The Balaban J connectivity index is 1.97. The minimum Gasteiger partial charge on any atom is -0.349 e. The minimum atomic E-state index is -0.0524. The molecule has 0 fully saturated rings. The van der Waals surface area contributed by atoms with E-state index in [1.165, 1.54) is 16.9 Å². The quantitative estimate of drug-likeness (QED) is 0.622. The first kappa shape index (κ1) is 16.2. The summed E-state index contributed by atoms with van der Waals surface area (Å²) >= 11 is 11.7. The molecule has 0 aliphatic rings. The molecule has 1 aromatic heterocycles. The summed E-state index contributed by atoms with van der Waals surface area (Å²) in [6.45, 7) is 2.01. The fourth-order valence-electron chi connectivity index (χ4n) is 1.82. The van der Waals surface area contributed by atoms with Gasteiger partial charge < -0.3 is 5.32 Å². The van der Waals surface area contributed by atoms with E-state index in [0.717, 1.165) is 18.5 Å². The molecule has 1 amide bonds. The summed E-state index contributed by atoms with van der Waals surface area (Å²) in [5, 5.41) is 3.02. The van der Waals surface area contributed by atoms with Crippen LogP contribution >= 0.6 is 59.1 Å². The maximum atomic E-state index is 12.2. The average Bonchev–Trinajstić information content (AvgIpc) is 2.71. The molecule has 1 heterocycles. The first-order valence-corrected chi connectivity index (χ1v) is 9.15. The predicted octanol–water partition coefficient (Wildman–Crippen LogP) is 5.40. The summed E-state index contributed by atoms with van der Waals surface area (Å²) in [5.41, 5.74) is 1.87. The summed E-state index contributed by atoms with van der Waals surface area (Å²) in [6, 6.07) is 10.0. The number of benzene rings is 1. The Morgan fingerprint density at radius 2 is 1.90 bits per heavy atom. The van der Waals surface area contributed by atoms with Gasteiger partial charge in [0.2, 0.25) is 0 Å². The number of amides is 1. The van der Waals surface area contributed by atoms with Crippen LogP contribution in [0.25, 0.3) is 0 Å². The number of nitrogens with one attached hydrogen (secondary N) is 1. The van der Waals surface area contributed by atoms with Crippen LogP contribution in [-0.2, 0) is 6.42 Å². The fourth-order valence-corrected chi connectivity index (χ4v) is 4.88. The molecule has 0 bridgehead atoms. The number of carbonyl (C=O) groups excluding carboxylic acids is 1. The number of hydrogen-bond donors (Lipinski definition) is 1. The number of halogens is 3. The Labute approximate surface area is 147 Å². The van der Waals surface area contributed by atoms with Crippen LogP contribution in [0.4, 0.5) is 0 Å². The second-order valence-electron chi connectivity index (χ2n) is 4.44. The highest BCUT2D eigenvalue weighted by atomic mass is 79.9. The highest BCUT2D eigenvalue weighted by Gasteiger charge is 2.15. The topological polar surface area (TPSA) is 29.1 Å². The Morgan fingerprint density at radius 3 is 2.45 bits per heavy atom. The van der Waals surface area contributed by atoms with Crippen LogP contribution in [0, 0.1) is 0 Å². The van der Waals surface area contributed by atoms with Gasteiger partial charge in [-0.05, 0) is 69.0 Å². The van der Waals surface area contributed by atoms with E-state index in [4.69, 9.17) is 0 Å². The van der Waals surface area contributed by atoms with E-state index < -0.39 is 0 Å². The average molecular weight is 482 g/mol. The van der Waals surface area contributed by atoms with E-state index in [9.17, 15) is 4.79 Å². The number of carbonyl (C=O) groups is 1. The van der Waals surface area contributed by atoms with Gasteiger partial charge in [-0.1, -0.05) is 28.1 Å². The zero-order chi connectivity index (χ0) is 14.7. The fraction of sp³-hybridized carbons (Fsp3) is 0.214. The van der Waals surface area contributed by atoms with Crippen LogP contribution in [0.15, 0.2) is 42.4 Å². The van der Waals surface area contributed by atoms with Gasteiger partial charge in [0.1, 0.15) is 0 Å². The van der Waals surface area contributed by atoms with Crippen molar-refractivity contribution in [3.05, 3.63) is 53.5 Å². The SMILES string of the molecule is CC(Cc1ccc(Br)cc1)NC(=O)c1cc(Br)sc1Br. The lowest BCUT2D eigenvalue weighted by Crippen LogP contribution is -2.34. The summed E-state index contributed by atoms with van der Waals surface area (Å²) in [6.07, 6.45) is 0.807. The molecule has 2 nitrogen and oxygen atoms in total. The van der Waals surface area contributed by atoms with E-state index in [1.54, 1.807) is 0 Å². The maximum absolute atomic E-state index is 12.2. The molecule has 2 rings (SSSR count). The van der Waals surface area contributed by atoms with Crippen LogP contribution in [0.2, 0.25) is 0 Å². The summed E-state index contributed by atoms with van der Waals surface area (Å²) < 4.78 is 2.85. The Bertz CT molecular complexity index is 609. The third kappa shape index (κ3) is 4.41. The van der Waals surface area contributed by atoms with Crippen molar-refractivity contribution >= 4 is 65.0 Å². The second-order valence-corrected chi connectivity index (χ2v) is 9.11. The lowest BCUT2D eigenvalue weighted by Gasteiger charge is -2.13. The van der Waals surface area contributed by atoms with Crippen LogP contribution in [0.5, 0.6) is 0 Å². The molecule has 1 unspecified atom stereocenters. The van der Waals surface area contributed by atoms with Crippen LogP contribution < -0.4 is 5.32 Å². The van der Waals surface area contributed by atoms with E-state index in [2.05, 4.69) is 65.2 Å². The van der Waals surface area contributed by atoms with E-state index in [0.29, 0.717) is 5.56 Å². The molecular formula is C14H12Br3NOS. The summed E-state index contributed by atoms with van der Waals surface area (Å²) in [4.78, 5) is 12.2. The van der Waals surface area contributed by atoms with Crippen molar-refractivity contribution in [2.45, 2.75) is 19.4 Å². The highest BCUT2D eigenvalue weighted by Crippen LogP contribution is 2.31. The molecule has 0 radical (unpaired) electrons. The van der Waals surface area contributed by atoms with E-state index in [-0.39, 0.29) is 11.9 Å². The van der Waals surface area contributed by atoms with Gasteiger partial charge in [0.05, 0.1) is 13.1 Å². The van der Waals surface area contributed by atoms with Gasteiger partial charge in [-0.2, -0.15) is 0 Å². The summed E-state index contributed by atoms with van der Waals surface area (Å²) in [7, 11) is 0. The molecule has 0 aliphatic carbocycles. The molecule has 1 atom stereocenters. The molecule has 0 saturated carbocycles. The van der Waals surface area contributed by atoms with Crippen LogP contribution in [0.3, 0.4) is 0 Å². The Morgan fingerprint density at radius 1 is 1.25 bits per heavy atom. The molecule has 0 spiro atoms. The molecule has 0 aliphatic heterocycles. The van der Waals surface area contributed by atoms with Gasteiger partial charge in [-0.25, -0.2) is 0 Å². The van der Waals surface area contributed by atoms with Crippen molar-refractivity contribution in [2.75, 3.05) is 0 Å². The molecule has 0 saturated heterocycles. The van der Waals surface area contributed by atoms with Crippen molar-refractivity contribution in [3.63, 3.8) is 0 Å². The molecule has 106 valence electrons. The zero-order valence-corrected chi connectivity index (χ0v) is 16.2. The standard InChI is InChI=1S/C14H12Br3NOS/c1-8(6-9-2-4-10(15)5-3-9)18-14(19)11-7-12(16)20-13(11)17/h2-5,7-8H,6H2,1H3,(H,18,19). The van der Waals surface area contributed by atoms with E-state index >= 15 is 0 Å². The van der Waals surface area contributed by atoms with Crippen molar-refractivity contribution in [3.8, 4) is 0 Å². The predicted molar refractivity (Wildman–Crippen MR) is 94.5 cm³/mol. The van der Waals surface area contributed by atoms with Gasteiger partial charge in [0.15, 0.2) is 0 Å². The third-order valence-corrected chi connectivity index (χ3v) is 5.60. The lowest BCUT2D eigenvalue weighted by atomic mass is 10.1. The monoisotopic (exact) mass is 479 g/mol. The van der Waals surface area contributed by atoms with E-state index in [1.807, 2.05) is 25.1 Å². The number of hydrogen-bond acceptors (Lipinski definition) is 2. The Hall–Kier alpha value is -0.170. The number of thiophene rings is 1. The van der Waals surface area contributed by atoms with Gasteiger partial charge in [-0.15, -0.1) is 11.3 Å². The second kappa shape index (κ2) is 7.20. The molecule has 20 heavy (non-hydrogen) atoms. The van der Waals surface area contributed by atoms with Crippen molar-refractivity contribution in [2.24, 2.45) is 0 Å². The number of rotatable bonds is 4.